The van der Waals surface area contributed by atoms with E-state index in [9.17, 15) is 0 Å². The maximum Gasteiger partial charge on any atom is 0.0958 e. The van der Waals surface area contributed by atoms with E-state index in [1.807, 2.05) is 7.05 Å². The molecule has 0 radical (unpaired) electrons. The second-order valence-corrected chi connectivity index (χ2v) is 3.71. The zero-order chi connectivity index (χ0) is 10.6. The van der Waals surface area contributed by atoms with Crippen LogP contribution in [0.15, 0.2) is 24.3 Å². The third-order valence-corrected chi connectivity index (χ3v) is 2.39. The first kappa shape index (κ1) is 11.2. The molecule has 0 aliphatic carbocycles. The molecule has 0 aliphatic heterocycles. The van der Waals surface area contributed by atoms with Gasteiger partial charge in [0.2, 0.25) is 0 Å². The van der Waals surface area contributed by atoms with E-state index in [0.29, 0.717) is 5.92 Å². The van der Waals surface area contributed by atoms with Crippen molar-refractivity contribution in [2.45, 2.75) is 25.9 Å². The lowest BCUT2D eigenvalue weighted by atomic mass is 10.0. The molecule has 0 aliphatic rings. The Hall–Kier alpha value is -0.900. The van der Waals surface area contributed by atoms with E-state index in [2.05, 4.69) is 48.9 Å². The van der Waals surface area contributed by atoms with E-state index in [4.69, 9.17) is 5.84 Å². The molecule has 78 valence electrons. The van der Waals surface area contributed by atoms with Gasteiger partial charge in [0.1, 0.15) is 0 Å². The molecular weight excluding hydrogens is 174 g/mol. The van der Waals surface area contributed by atoms with Gasteiger partial charge >= 0.3 is 0 Å². The summed E-state index contributed by atoms with van der Waals surface area (Å²) in [6.45, 7) is 4.37. The van der Waals surface area contributed by atoms with Crippen LogP contribution in [-0.4, -0.2) is 7.05 Å². The third-order valence-electron chi connectivity index (χ3n) is 2.39. The molecule has 0 saturated heterocycles. The molecule has 0 heterocycles. The summed E-state index contributed by atoms with van der Waals surface area (Å²) in [6.07, 6.45) is 0.0243. The van der Waals surface area contributed by atoms with Gasteiger partial charge in [-0.2, -0.15) is 0 Å². The largest absolute Gasteiger partial charge is 0.300 e. The van der Waals surface area contributed by atoms with E-state index in [-0.39, 0.29) is 6.17 Å². The van der Waals surface area contributed by atoms with Crippen LogP contribution in [0.2, 0.25) is 0 Å². The van der Waals surface area contributed by atoms with Crippen LogP contribution in [0.3, 0.4) is 0 Å². The van der Waals surface area contributed by atoms with E-state index in [1.165, 1.54) is 5.56 Å². The van der Waals surface area contributed by atoms with Crippen LogP contribution in [0, 0.1) is 0 Å². The van der Waals surface area contributed by atoms with Crippen molar-refractivity contribution < 1.29 is 0 Å². The van der Waals surface area contributed by atoms with E-state index >= 15 is 0 Å². The Morgan fingerprint density at radius 3 is 1.93 bits per heavy atom. The van der Waals surface area contributed by atoms with Gasteiger partial charge in [-0.15, -0.1) is 0 Å². The van der Waals surface area contributed by atoms with Crippen LogP contribution in [0.25, 0.3) is 0 Å². The molecule has 0 aromatic heterocycles. The Kier molecular flexibility index (Phi) is 4.07. The zero-order valence-electron chi connectivity index (χ0n) is 9.04. The number of rotatable bonds is 4. The van der Waals surface area contributed by atoms with E-state index < -0.39 is 0 Å². The summed E-state index contributed by atoms with van der Waals surface area (Å²) in [5.74, 6) is 5.97. The lowest BCUT2D eigenvalue weighted by Gasteiger charge is -2.16. The molecule has 1 atom stereocenters. The minimum atomic E-state index is 0.0243. The highest BCUT2D eigenvalue weighted by Crippen LogP contribution is 2.16. The fraction of sp³-hybridized carbons (Fsp3) is 0.455. The molecule has 0 saturated carbocycles. The molecule has 0 fully saturated rings. The Morgan fingerprint density at radius 1 is 1.07 bits per heavy atom. The van der Waals surface area contributed by atoms with Gasteiger partial charge in [0, 0.05) is 0 Å². The highest BCUT2D eigenvalue weighted by Gasteiger charge is 2.06. The lowest BCUT2D eigenvalue weighted by molar-refractivity contribution is 0.488. The molecule has 0 amide bonds. The standard InChI is InChI=1S/C11H19N3/c1-8(2)9-4-6-10(7-5-9)11(13-3)14-12/h4-8,11,13-14H,12H2,1-3H3. The minimum Gasteiger partial charge on any atom is -0.300 e. The average molecular weight is 193 g/mol. The predicted octanol–water partition coefficient (Wildman–Crippen LogP) is 1.49. The Morgan fingerprint density at radius 2 is 1.57 bits per heavy atom. The van der Waals surface area contributed by atoms with Crippen LogP contribution < -0.4 is 16.6 Å². The Labute approximate surface area is 85.7 Å². The summed E-state index contributed by atoms with van der Waals surface area (Å²) >= 11 is 0. The fourth-order valence-corrected chi connectivity index (χ4v) is 1.42. The van der Waals surface area contributed by atoms with Crippen LogP contribution >= 0.6 is 0 Å². The Balaban J connectivity index is 2.81. The van der Waals surface area contributed by atoms with Crippen molar-refractivity contribution in [2.24, 2.45) is 5.84 Å². The first-order chi connectivity index (χ1) is 6.69. The Bertz CT molecular complexity index is 262. The van der Waals surface area contributed by atoms with E-state index in [1.54, 1.807) is 0 Å². The molecule has 4 N–H and O–H groups in total. The molecule has 3 nitrogen and oxygen atoms in total. The summed E-state index contributed by atoms with van der Waals surface area (Å²) in [5.41, 5.74) is 5.21. The summed E-state index contributed by atoms with van der Waals surface area (Å²) in [5, 5.41) is 3.08. The maximum atomic E-state index is 5.40. The second kappa shape index (κ2) is 5.10. The molecule has 0 bridgehead atoms. The number of nitrogens with two attached hydrogens (primary N) is 1. The van der Waals surface area contributed by atoms with Crippen LogP contribution in [0.4, 0.5) is 0 Å². The van der Waals surface area contributed by atoms with Crippen molar-refractivity contribution in [2.75, 3.05) is 7.05 Å². The van der Waals surface area contributed by atoms with Crippen molar-refractivity contribution in [1.82, 2.24) is 10.7 Å². The van der Waals surface area contributed by atoms with Crippen molar-refractivity contribution in [3.63, 3.8) is 0 Å². The van der Waals surface area contributed by atoms with Gasteiger partial charge in [-0.1, -0.05) is 38.1 Å². The molecule has 1 aromatic rings. The van der Waals surface area contributed by atoms with Gasteiger partial charge in [-0.25, -0.2) is 5.43 Å². The average Bonchev–Trinajstić information content (AvgIpc) is 2.20. The number of nitrogens with one attached hydrogen (secondary N) is 2. The van der Waals surface area contributed by atoms with Crippen LogP contribution in [-0.2, 0) is 0 Å². The van der Waals surface area contributed by atoms with E-state index in [0.717, 1.165) is 5.56 Å². The predicted molar refractivity (Wildman–Crippen MR) is 59.7 cm³/mol. The maximum absolute atomic E-state index is 5.40. The van der Waals surface area contributed by atoms with Gasteiger partial charge in [0.25, 0.3) is 0 Å². The SMILES string of the molecule is CNC(NN)c1ccc(C(C)C)cc1. The summed E-state index contributed by atoms with van der Waals surface area (Å²) < 4.78 is 0. The number of hydrazine groups is 1. The highest BCUT2D eigenvalue weighted by atomic mass is 15.3. The van der Waals surface area contributed by atoms with Crippen molar-refractivity contribution in [3.8, 4) is 0 Å². The summed E-state index contributed by atoms with van der Waals surface area (Å²) in [6, 6.07) is 8.47. The zero-order valence-corrected chi connectivity index (χ0v) is 9.04. The van der Waals surface area contributed by atoms with Crippen molar-refractivity contribution >= 4 is 0 Å². The lowest BCUT2D eigenvalue weighted by Crippen LogP contribution is -2.36. The summed E-state index contributed by atoms with van der Waals surface area (Å²) in [7, 11) is 1.88. The molecule has 3 heteroatoms. The molecule has 14 heavy (non-hydrogen) atoms. The molecule has 1 rings (SSSR count). The van der Waals surface area contributed by atoms with Crippen molar-refractivity contribution in [1.29, 1.82) is 0 Å². The number of benzene rings is 1. The molecule has 1 unspecified atom stereocenters. The van der Waals surface area contributed by atoms with Crippen molar-refractivity contribution in [3.05, 3.63) is 35.4 Å². The molecular formula is C11H19N3. The van der Waals surface area contributed by atoms with Gasteiger partial charge in [-0.05, 0) is 24.1 Å². The quantitative estimate of drug-likeness (QED) is 0.386. The first-order valence-corrected chi connectivity index (χ1v) is 4.92. The van der Waals surface area contributed by atoms with Gasteiger partial charge in [0.15, 0.2) is 0 Å². The smallest absolute Gasteiger partial charge is 0.0958 e. The number of hydrogen-bond donors (Lipinski definition) is 3. The van der Waals surface area contributed by atoms with Crippen LogP contribution in [0.5, 0.6) is 0 Å². The monoisotopic (exact) mass is 193 g/mol. The van der Waals surface area contributed by atoms with Gasteiger partial charge < -0.3 is 5.32 Å². The topological polar surface area (TPSA) is 50.1 Å². The first-order valence-electron chi connectivity index (χ1n) is 4.92. The second-order valence-electron chi connectivity index (χ2n) is 3.71. The van der Waals surface area contributed by atoms with Gasteiger partial charge in [-0.3, -0.25) is 5.84 Å². The fourth-order valence-electron chi connectivity index (χ4n) is 1.42. The third kappa shape index (κ3) is 2.54. The number of hydrogen-bond acceptors (Lipinski definition) is 3. The molecule has 1 aromatic carbocycles. The normalized spacial score (nSPS) is 13.2. The molecule has 0 spiro atoms. The van der Waals surface area contributed by atoms with Crippen LogP contribution in [0.1, 0.15) is 37.1 Å². The minimum absolute atomic E-state index is 0.0243. The van der Waals surface area contributed by atoms with Gasteiger partial charge in [0.05, 0.1) is 6.17 Å². The summed E-state index contributed by atoms with van der Waals surface area (Å²) in [4.78, 5) is 0. The highest BCUT2D eigenvalue weighted by molar-refractivity contribution is 5.26.